The number of piperidine rings is 1. The number of aromatic nitrogens is 2. The lowest BCUT2D eigenvalue weighted by Crippen LogP contribution is -2.46. The van der Waals surface area contributed by atoms with Gasteiger partial charge in [0.1, 0.15) is 0 Å². The second-order valence-corrected chi connectivity index (χ2v) is 7.23. The maximum absolute atomic E-state index is 12.9. The van der Waals surface area contributed by atoms with E-state index in [-0.39, 0.29) is 17.9 Å². The first-order chi connectivity index (χ1) is 10.4. The highest BCUT2D eigenvalue weighted by atomic mass is 16.3. The van der Waals surface area contributed by atoms with Crippen LogP contribution in [0.1, 0.15) is 56.6 Å². The molecule has 124 valence electrons. The van der Waals surface area contributed by atoms with Gasteiger partial charge in [0.2, 0.25) is 0 Å². The van der Waals surface area contributed by atoms with E-state index in [0.29, 0.717) is 12.5 Å². The Morgan fingerprint density at radius 2 is 2.23 bits per heavy atom. The molecule has 5 heteroatoms. The third kappa shape index (κ3) is 3.51. The fourth-order valence-electron chi connectivity index (χ4n) is 3.25. The number of carbonyl (C=O) groups is 1. The standard InChI is InChI=1S/C17H29N3O2/c1-5-15-14(9-18-20(15)10-13(2)3)16(22)19-8-6-7-17(4,11-19)12-21/h9,13,21H,5-8,10-12H2,1-4H3. The molecular weight excluding hydrogens is 278 g/mol. The molecule has 1 atom stereocenters. The first-order valence-corrected chi connectivity index (χ1v) is 8.35. The van der Waals surface area contributed by atoms with E-state index in [1.54, 1.807) is 6.20 Å². The second-order valence-electron chi connectivity index (χ2n) is 7.23. The van der Waals surface area contributed by atoms with E-state index < -0.39 is 0 Å². The van der Waals surface area contributed by atoms with Gasteiger partial charge in [0.15, 0.2) is 0 Å². The predicted octanol–water partition coefficient (Wildman–Crippen LogP) is 2.34. The van der Waals surface area contributed by atoms with E-state index in [0.717, 1.165) is 43.6 Å². The Morgan fingerprint density at radius 3 is 2.82 bits per heavy atom. The minimum atomic E-state index is -0.172. The van der Waals surface area contributed by atoms with Crippen molar-refractivity contribution in [1.29, 1.82) is 0 Å². The number of hydrogen-bond acceptors (Lipinski definition) is 3. The predicted molar refractivity (Wildman–Crippen MR) is 86.8 cm³/mol. The van der Waals surface area contributed by atoms with Crippen LogP contribution in [-0.2, 0) is 13.0 Å². The van der Waals surface area contributed by atoms with E-state index in [2.05, 4.69) is 32.8 Å². The number of rotatable bonds is 5. The molecule has 0 bridgehead atoms. The quantitative estimate of drug-likeness (QED) is 0.908. The van der Waals surface area contributed by atoms with Crippen LogP contribution in [0.3, 0.4) is 0 Å². The summed E-state index contributed by atoms with van der Waals surface area (Å²) in [7, 11) is 0. The molecule has 1 fully saturated rings. The molecule has 2 heterocycles. The summed E-state index contributed by atoms with van der Waals surface area (Å²) >= 11 is 0. The van der Waals surface area contributed by atoms with Crippen molar-refractivity contribution in [2.24, 2.45) is 11.3 Å². The molecule has 1 aliphatic heterocycles. The van der Waals surface area contributed by atoms with Gasteiger partial charge < -0.3 is 10.0 Å². The smallest absolute Gasteiger partial charge is 0.257 e. The molecule has 0 aliphatic carbocycles. The number of amides is 1. The van der Waals surface area contributed by atoms with E-state index in [1.807, 2.05) is 9.58 Å². The topological polar surface area (TPSA) is 58.4 Å². The van der Waals surface area contributed by atoms with E-state index in [1.165, 1.54) is 0 Å². The summed E-state index contributed by atoms with van der Waals surface area (Å²) in [6, 6.07) is 0. The molecule has 1 N–H and O–H groups in total. The summed E-state index contributed by atoms with van der Waals surface area (Å²) in [6.07, 6.45) is 4.44. The van der Waals surface area contributed by atoms with Crippen LogP contribution in [0, 0.1) is 11.3 Å². The monoisotopic (exact) mass is 307 g/mol. The van der Waals surface area contributed by atoms with Crippen molar-refractivity contribution in [3.63, 3.8) is 0 Å². The highest BCUT2D eigenvalue weighted by Crippen LogP contribution is 2.30. The van der Waals surface area contributed by atoms with Crippen LogP contribution < -0.4 is 0 Å². The molecule has 0 radical (unpaired) electrons. The van der Waals surface area contributed by atoms with Crippen LogP contribution in [0.5, 0.6) is 0 Å². The van der Waals surface area contributed by atoms with Gasteiger partial charge in [-0.15, -0.1) is 0 Å². The van der Waals surface area contributed by atoms with Gasteiger partial charge in [0, 0.05) is 25.0 Å². The molecule has 1 amide bonds. The third-order valence-electron chi connectivity index (χ3n) is 4.50. The van der Waals surface area contributed by atoms with Gasteiger partial charge in [0.05, 0.1) is 24.1 Å². The normalized spacial score (nSPS) is 22.4. The number of carbonyl (C=O) groups excluding carboxylic acids is 1. The Kier molecular flexibility index (Phi) is 5.27. The maximum Gasteiger partial charge on any atom is 0.257 e. The van der Waals surface area contributed by atoms with Crippen LogP contribution in [0.4, 0.5) is 0 Å². The molecule has 1 aromatic rings. The molecule has 22 heavy (non-hydrogen) atoms. The lowest BCUT2D eigenvalue weighted by atomic mass is 9.82. The van der Waals surface area contributed by atoms with Crippen LogP contribution in [0.2, 0.25) is 0 Å². The molecule has 0 spiro atoms. The molecule has 2 rings (SSSR count). The van der Waals surface area contributed by atoms with Gasteiger partial charge in [-0.3, -0.25) is 9.48 Å². The van der Waals surface area contributed by atoms with Gasteiger partial charge in [-0.05, 0) is 25.2 Å². The molecule has 1 saturated heterocycles. The summed E-state index contributed by atoms with van der Waals surface area (Å²) in [5.41, 5.74) is 1.58. The second kappa shape index (κ2) is 6.82. The van der Waals surface area contributed by atoms with Crippen LogP contribution in [-0.4, -0.2) is 45.4 Å². The number of aliphatic hydroxyl groups is 1. The van der Waals surface area contributed by atoms with E-state index in [9.17, 15) is 9.90 Å². The van der Waals surface area contributed by atoms with Crippen molar-refractivity contribution in [3.05, 3.63) is 17.5 Å². The van der Waals surface area contributed by atoms with Crippen molar-refractivity contribution >= 4 is 5.91 Å². The highest BCUT2D eigenvalue weighted by molar-refractivity contribution is 5.95. The molecular formula is C17H29N3O2. The number of hydrogen-bond donors (Lipinski definition) is 1. The summed E-state index contributed by atoms with van der Waals surface area (Å²) in [5, 5.41) is 14.0. The van der Waals surface area contributed by atoms with Crippen LogP contribution in [0.15, 0.2) is 6.20 Å². The van der Waals surface area contributed by atoms with Gasteiger partial charge in [-0.25, -0.2) is 0 Å². The molecule has 1 unspecified atom stereocenters. The highest BCUT2D eigenvalue weighted by Gasteiger charge is 2.34. The Bertz CT molecular complexity index is 524. The van der Waals surface area contributed by atoms with Crippen molar-refractivity contribution in [1.82, 2.24) is 14.7 Å². The lowest BCUT2D eigenvalue weighted by Gasteiger charge is -2.39. The average Bonchev–Trinajstić information content (AvgIpc) is 2.88. The van der Waals surface area contributed by atoms with Crippen molar-refractivity contribution in [2.75, 3.05) is 19.7 Å². The number of nitrogens with zero attached hydrogens (tertiary/aromatic N) is 3. The van der Waals surface area contributed by atoms with Gasteiger partial charge >= 0.3 is 0 Å². The van der Waals surface area contributed by atoms with E-state index >= 15 is 0 Å². The Hall–Kier alpha value is -1.36. The maximum atomic E-state index is 12.9. The third-order valence-corrected chi connectivity index (χ3v) is 4.50. The zero-order valence-corrected chi connectivity index (χ0v) is 14.3. The Labute approximate surface area is 133 Å². The number of aliphatic hydroxyl groups excluding tert-OH is 1. The fraction of sp³-hybridized carbons (Fsp3) is 0.765. The minimum absolute atomic E-state index is 0.0613. The first kappa shape index (κ1) is 17.0. The van der Waals surface area contributed by atoms with Gasteiger partial charge in [0.25, 0.3) is 5.91 Å². The molecule has 0 aromatic carbocycles. The SMILES string of the molecule is CCc1c(C(=O)N2CCCC(C)(CO)C2)cnn1CC(C)C. The Balaban J connectivity index is 2.20. The largest absolute Gasteiger partial charge is 0.396 e. The molecule has 0 saturated carbocycles. The lowest BCUT2D eigenvalue weighted by molar-refractivity contribution is 0.0357. The zero-order valence-electron chi connectivity index (χ0n) is 14.3. The van der Waals surface area contributed by atoms with Crippen molar-refractivity contribution < 1.29 is 9.90 Å². The van der Waals surface area contributed by atoms with Crippen molar-refractivity contribution in [2.45, 2.75) is 53.5 Å². The minimum Gasteiger partial charge on any atom is -0.396 e. The number of likely N-dealkylation sites (tertiary alicyclic amines) is 1. The van der Waals surface area contributed by atoms with Gasteiger partial charge in [-0.2, -0.15) is 5.10 Å². The summed E-state index contributed by atoms with van der Waals surface area (Å²) < 4.78 is 1.97. The summed E-state index contributed by atoms with van der Waals surface area (Å²) in [6.45, 7) is 10.8. The zero-order chi connectivity index (χ0) is 16.3. The van der Waals surface area contributed by atoms with Gasteiger partial charge in [-0.1, -0.05) is 27.7 Å². The van der Waals surface area contributed by atoms with Crippen molar-refractivity contribution in [3.8, 4) is 0 Å². The summed E-state index contributed by atoms with van der Waals surface area (Å²) in [5.74, 6) is 0.562. The summed E-state index contributed by atoms with van der Waals surface area (Å²) in [4.78, 5) is 14.8. The first-order valence-electron chi connectivity index (χ1n) is 8.35. The molecule has 5 nitrogen and oxygen atoms in total. The molecule has 1 aromatic heterocycles. The Morgan fingerprint density at radius 1 is 1.50 bits per heavy atom. The van der Waals surface area contributed by atoms with Crippen LogP contribution in [0.25, 0.3) is 0 Å². The fourth-order valence-corrected chi connectivity index (χ4v) is 3.25. The molecule has 1 aliphatic rings. The van der Waals surface area contributed by atoms with Crippen LogP contribution >= 0.6 is 0 Å². The van der Waals surface area contributed by atoms with E-state index in [4.69, 9.17) is 0 Å². The average molecular weight is 307 g/mol.